The second-order valence-corrected chi connectivity index (χ2v) is 15.1. The van der Waals surface area contributed by atoms with Gasteiger partial charge in [0.05, 0.1) is 10.6 Å². The SMILES string of the molecule is CC1CCC(C(=O)N(c2cc(C#CC(C)(C)C)sc2C(=O)O)C2CCC(OC(=O)[C@H](C)NC(=O)OC(C)(C)C)CC2)CC1. The second-order valence-electron chi connectivity index (χ2n) is 14.0. The molecule has 1 heterocycles. The number of carbonyl (C=O) groups is 4. The Morgan fingerprint density at radius 2 is 1.60 bits per heavy atom. The highest BCUT2D eigenvalue weighted by Gasteiger charge is 2.38. The molecular weight excluding hydrogens is 568 g/mol. The largest absolute Gasteiger partial charge is 0.477 e. The molecule has 9 nitrogen and oxygen atoms in total. The molecule has 2 N–H and O–H groups in total. The van der Waals surface area contributed by atoms with Crippen LogP contribution in [0.25, 0.3) is 0 Å². The molecule has 10 heteroatoms. The zero-order valence-corrected chi connectivity index (χ0v) is 27.7. The Balaban J connectivity index is 1.78. The van der Waals surface area contributed by atoms with Crippen molar-refractivity contribution in [3.05, 3.63) is 15.8 Å². The Bertz CT molecular complexity index is 1230. The first-order chi connectivity index (χ1) is 19.9. The summed E-state index contributed by atoms with van der Waals surface area (Å²) in [5, 5.41) is 12.6. The van der Waals surface area contributed by atoms with E-state index in [-0.39, 0.29) is 34.3 Å². The maximum absolute atomic E-state index is 14.1. The molecule has 2 saturated carbocycles. The van der Waals surface area contributed by atoms with Gasteiger partial charge in [-0.2, -0.15) is 0 Å². The highest BCUT2D eigenvalue weighted by Crippen LogP contribution is 2.39. The van der Waals surface area contributed by atoms with Gasteiger partial charge >= 0.3 is 18.0 Å². The van der Waals surface area contributed by atoms with E-state index < -0.39 is 29.7 Å². The van der Waals surface area contributed by atoms with Crippen molar-refractivity contribution in [1.82, 2.24) is 5.32 Å². The Kier molecular flexibility index (Phi) is 11.3. The van der Waals surface area contributed by atoms with Crippen LogP contribution in [0.2, 0.25) is 0 Å². The number of aromatic carboxylic acids is 1. The average Bonchev–Trinajstić information content (AvgIpc) is 3.31. The number of amides is 2. The molecule has 0 radical (unpaired) electrons. The number of nitrogens with zero attached hydrogens (tertiary/aromatic N) is 1. The van der Waals surface area contributed by atoms with Gasteiger partial charge in [0.2, 0.25) is 5.91 Å². The summed E-state index contributed by atoms with van der Waals surface area (Å²) in [6.07, 6.45) is 4.61. The maximum atomic E-state index is 14.1. The number of thiophene rings is 1. The summed E-state index contributed by atoms with van der Waals surface area (Å²) >= 11 is 1.10. The van der Waals surface area contributed by atoms with Gasteiger partial charge in [0.1, 0.15) is 22.6 Å². The molecule has 0 spiro atoms. The highest BCUT2D eigenvalue weighted by atomic mass is 32.1. The van der Waals surface area contributed by atoms with Crippen LogP contribution in [0.5, 0.6) is 0 Å². The number of carboxylic acids is 1. The second kappa shape index (κ2) is 14.1. The average molecular weight is 617 g/mol. The lowest BCUT2D eigenvalue weighted by atomic mass is 9.81. The van der Waals surface area contributed by atoms with Crippen molar-refractivity contribution in [3.63, 3.8) is 0 Å². The lowest BCUT2D eigenvalue weighted by molar-refractivity contribution is -0.152. The Morgan fingerprint density at radius 1 is 1.00 bits per heavy atom. The number of anilines is 1. The Labute approximate surface area is 260 Å². The summed E-state index contributed by atoms with van der Waals surface area (Å²) in [5.41, 5.74) is -0.527. The fourth-order valence-corrected chi connectivity index (χ4v) is 6.30. The number of esters is 1. The number of hydrogen-bond donors (Lipinski definition) is 2. The van der Waals surface area contributed by atoms with Gasteiger partial charge in [-0.1, -0.05) is 18.8 Å². The molecule has 0 aromatic carbocycles. The van der Waals surface area contributed by atoms with Crippen LogP contribution in [-0.2, 0) is 19.1 Å². The molecule has 0 aliphatic heterocycles. The third-order valence-corrected chi connectivity index (χ3v) is 8.74. The van der Waals surface area contributed by atoms with Crippen molar-refractivity contribution < 1.29 is 33.8 Å². The van der Waals surface area contributed by atoms with Crippen LogP contribution in [0.3, 0.4) is 0 Å². The quantitative estimate of drug-likeness (QED) is 0.256. The molecule has 2 aliphatic carbocycles. The number of ether oxygens (including phenoxy) is 2. The van der Waals surface area contributed by atoms with E-state index in [2.05, 4.69) is 24.1 Å². The van der Waals surface area contributed by atoms with Crippen LogP contribution in [0, 0.1) is 29.1 Å². The molecule has 1 atom stereocenters. The van der Waals surface area contributed by atoms with Gasteiger partial charge in [0.15, 0.2) is 0 Å². The fourth-order valence-electron chi connectivity index (χ4n) is 5.45. The molecular formula is C33H48N2O7S. The standard InChI is InChI=1S/C33H48N2O7S/c1-20-9-11-22(12-10-20)28(36)35(26-19-25(17-18-32(3,4)5)43-27(26)29(37)38)23-13-15-24(16-14-23)41-30(39)21(2)34-31(40)42-33(6,7)8/h19-24H,9-16H2,1-8H3,(H,34,40)(H,37,38)/t20?,21-,22?,23?,24?/m0/s1. The van der Waals surface area contributed by atoms with Gasteiger partial charge in [-0.3, -0.25) is 4.79 Å². The van der Waals surface area contributed by atoms with Gasteiger partial charge in [0, 0.05) is 17.4 Å². The van der Waals surface area contributed by atoms with Gasteiger partial charge < -0.3 is 24.8 Å². The summed E-state index contributed by atoms with van der Waals surface area (Å²) in [6.45, 7) is 15.0. The van der Waals surface area contributed by atoms with Crippen molar-refractivity contribution in [2.45, 2.75) is 131 Å². The molecule has 0 bridgehead atoms. The summed E-state index contributed by atoms with van der Waals surface area (Å²) in [4.78, 5) is 53.7. The Morgan fingerprint density at radius 3 is 2.14 bits per heavy atom. The van der Waals surface area contributed by atoms with Crippen molar-refractivity contribution >= 4 is 41.0 Å². The summed E-state index contributed by atoms with van der Waals surface area (Å²) < 4.78 is 10.9. The number of nitrogens with one attached hydrogen (secondary N) is 1. The molecule has 1 aromatic rings. The lowest BCUT2D eigenvalue weighted by Gasteiger charge is -2.39. The van der Waals surface area contributed by atoms with E-state index in [1.54, 1.807) is 38.7 Å². The molecule has 1 aromatic heterocycles. The van der Waals surface area contributed by atoms with Crippen molar-refractivity contribution in [3.8, 4) is 11.8 Å². The van der Waals surface area contributed by atoms with Crippen LogP contribution in [0.1, 0.15) is 121 Å². The number of alkyl carbamates (subject to hydrolysis) is 1. The van der Waals surface area contributed by atoms with Crippen LogP contribution < -0.4 is 10.2 Å². The molecule has 2 aliphatic rings. The number of rotatable bonds is 7. The zero-order valence-electron chi connectivity index (χ0n) is 26.9. The smallest absolute Gasteiger partial charge is 0.408 e. The molecule has 43 heavy (non-hydrogen) atoms. The predicted octanol–water partition coefficient (Wildman–Crippen LogP) is 6.77. The topological polar surface area (TPSA) is 122 Å². The van der Waals surface area contributed by atoms with E-state index in [4.69, 9.17) is 9.47 Å². The van der Waals surface area contributed by atoms with Gasteiger partial charge in [-0.25, -0.2) is 14.4 Å². The minimum absolute atomic E-state index is 0.0295. The first-order valence-electron chi connectivity index (χ1n) is 15.4. The zero-order chi connectivity index (χ0) is 32.1. The summed E-state index contributed by atoms with van der Waals surface area (Å²) in [7, 11) is 0. The number of carbonyl (C=O) groups excluding carboxylic acids is 3. The van der Waals surface area contributed by atoms with Crippen molar-refractivity contribution in [2.24, 2.45) is 17.3 Å². The van der Waals surface area contributed by atoms with E-state index in [0.29, 0.717) is 42.2 Å². The van der Waals surface area contributed by atoms with Gasteiger partial charge in [-0.05, 0) is 112 Å². The predicted molar refractivity (Wildman–Crippen MR) is 167 cm³/mol. The first-order valence-corrected chi connectivity index (χ1v) is 16.2. The Hall–Kier alpha value is -3.06. The third-order valence-electron chi connectivity index (χ3n) is 7.71. The van der Waals surface area contributed by atoms with E-state index in [1.807, 2.05) is 20.8 Å². The molecule has 3 rings (SSSR count). The third kappa shape index (κ3) is 10.3. The monoisotopic (exact) mass is 616 g/mol. The molecule has 2 fully saturated rings. The van der Waals surface area contributed by atoms with Crippen LogP contribution in [0.15, 0.2) is 6.07 Å². The van der Waals surface area contributed by atoms with E-state index >= 15 is 0 Å². The summed E-state index contributed by atoms with van der Waals surface area (Å²) in [5.74, 6) is 5.05. The normalized spacial score (nSPS) is 23.3. The van der Waals surface area contributed by atoms with Crippen LogP contribution in [0.4, 0.5) is 10.5 Å². The van der Waals surface area contributed by atoms with E-state index in [1.165, 1.54) is 0 Å². The van der Waals surface area contributed by atoms with E-state index in [0.717, 1.165) is 37.0 Å². The van der Waals surface area contributed by atoms with E-state index in [9.17, 15) is 24.3 Å². The van der Waals surface area contributed by atoms with Crippen molar-refractivity contribution in [1.29, 1.82) is 0 Å². The lowest BCUT2D eigenvalue weighted by Crippen LogP contribution is -2.48. The van der Waals surface area contributed by atoms with Crippen LogP contribution >= 0.6 is 11.3 Å². The molecule has 238 valence electrons. The van der Waals surface area contributed by atoms with Gasteiger partial charge in [0.25, 0.3) is 0 Å². The molecule has 0 unspecified atom stereocenters. The minimum atomic E-state index is -1.08. The first kappa shape index (κ1) is 34.4. The molecule has 0 saturated heterocycles. The van der Waals surface area contributed by atoms with Crippen molar-refractivity contribution in [2.75, 3.05) is 4.90 Å². The molecule has 2 amide bonds. The summed E-state index contributed by atoms with van der Waals surface area (Å²) in [6, 6.07) is 0.651. The van der Waals surface area contributed by atoms with Gasteiger partial charge in [-0.15, -0.1) is 11.3 Å². The highest BCUT2D eigenvalue weighted by molar-refractivity contribution is 7.15. The maximum Gasteiger partial charge on any atom is 0.408 e. The number of hydrogen-bond acceptors (Lipinski definition) is 7. The number of carboxylic acid groups (broad SMARTS) is 1. The fraction of sp³-hybridized carbons (Fsp3) is 0.697. The minimum Gasteiger partial charge on any atom is -0.477 e. The van der Waals surface area contributed by atoms with Crippen LogP contribution in [-0.4, -0.2) is 52.8 Å².